The van der Waals surface area contributed by atoms with Crippen LogP contribution >= 0.6 is 0 Å². The zero-order valence-electron chi connectivity index (χ0n) is 6.69. The lowest BCUT2D eigenvalue weighted by Gasteiger charge is -2.13. The van der Waals surface area contributed by atoms with E-state index in [4.69, 9.17) is 4.74 Å². The first-order chi connectivity index (χ1) is 6.45. The number of hydrogen-bond acceptors (Lipinski definition) is 4. The second kappa shape index (κ2) is 2.29. The summed E-state index contributed by atoms with van der Waals surface area (Å²) in [7, 11) is 0. The fraction of sp³-hybridized carbons (Fsp3) is 0.125. The minimum atomic E-state index is 0.499. The van der Waals surface area contributed by atoms with Crippen molar-refractivity contribution in [2.45, 2.75) is 6.61 Å². The van der Waals surface area contributed by atoms with Crippen LogP contribution in [0.5, 0.6) is 5.88 Å². The first-order valence-corrected chi connectivity index (χ1v) is 3.90. The van der Waals surface area contributed by atoms with Crippen LogP contribution in [-0.2, 0) is 6.61 Å². The van der Waals surface area contributed by atoms with Crippen molar-refractivity contribution in [1.82, 2.24) is 19.9 Å². The van der Waals surface area contributed by atoms with Gasteiger partial charge >= 0.3 is 0 Å². The van der Waals surface area contributed by atoms with Crippen molar-refractivity contribution in [1.29, 1.82) is 0 Å². The molecule has 0 aromatic carbocycles. The topological polar surface area (TPSA) is 63.7 Å². The molecule has 0 spiro atoms. The second-order valence-corrected chi connectivity index (χ2v) is 2.76. The molecule has 0 radical (unpaired) electrons. The fourth-order valence-corrected chi connectivity index (χ4v) is 1.40. The van der Waals surface area contributed by atoms with Gasteiger partial charge in [-0.3, -0.25) is 0 Å². The van der Waals surface area contributed by atoms with Crippen LogP contribution in [-0.4, -0.2) is 19.9 Å². The molecule has 2 aromatic heterocycles. The van der Waals surface area contributed by atoms with Crippen LogP contribution in [0.4, 0.5) is 0 Å². The van der Waals surface area contributed by atoms with Crippen LogP contribution in [0.3, 0.4) is 0 Å². The Morgan fingerprint density at radius 3 is 3.38 bits per heavy atom. The van der Waals surface area contributed by atoms with Crippen molar-refractivity contribution < 1.29 is 4.74 Å². The summed E-state index contributed by atoms with van der Waals surface area (Å²) in [6.45, 7) is 0.499. The number of rotatable bonds is 0. The molecule has 0 amide bonds. The van der Waals surface area contributed by atoms with Crippen molar-refractivity contribution in [2.24, 2.45) is 0 Å². The third-order valence-electron chi connectivity index (χ3n) is 2.00. The number of aromatic amines is 1. The molecule has 0 aliphatic carbocycles. The smallest absolute Gasteiger partial charge is 0.226 e. The molecule has 0 saturated heterocycles. The van der Waals surface area contributed by atoms with E-state index >= 15 is 0 Å². The van der Waals surface area contributed by atoms with Crippen molar-refractivity contribution in [3.05, 3.63) is 24.5 Å². The Hall–Kier alpha value is -1.91. The van der Waals surface area contributed by atoms with Crippen LogP contribution in [0.15, 0.2) is 18.9 Å². The number of imidazole rings is 1. The molecule has 0 fully saturated rings. The molecule has 2 aromatic rings. The van der Waals surface area contributed by atoms with E-state index in [1.807, 2.05) is 0 Å². The number of ether oxygens (including phenoxy) is 1. The van der Waals surface area contributed by atoms with E-state index in [0.29, 0.717) is 12.5 Å². The first kappa shape index (κ1) is 6.59. The van der Waals surface area contributed by atoms with Gasteiger partial charge in [0.05, 0.1) is 17.6 Å². The lowest BCUT2D eigenvalue weighted by atomic mass is 10.1. The molecule has 64 valence electrons. The highest BCUT2D eigenvalue weighted by atomic mass is 16.5. The first-order valence-electron chi connectivity index (χ1n) is 3.90. The molecule has 1 N–H and O–H groups in total. The molecule has 13 heavy (non-hydrogen) atoms. The van der Waals surface area contributed by atoms with E-state index in [1.165, 1.54) is 6.33 Å². The number of nitrogens with one attached hydrogen (secondary N) is 1. The Balaban J connectivity index is 2.30. The van der Waals surface area contributed by atoms with Gasteiger partial charge in [0.2, 0.25) is 5.88 Å². The molecule has 0 atom stereocenters. The van der Waals surface area contributed by atoms with Crippen molar-refractivity contribution >= 4 is 0 Å². The largest absolute Gasteiger partial charge is 0.471 e. The summed E-state index contributed by atoms with van der Waals surface area (Å²) in [6, 6.07) is 0. The van der Waals surface area contributed by atoms with Gasteiger partial charge in [-0.2, -0.15) is 0 Å². The monoisotopic (exact) mass is 174 g/mol. The Morgan fingerprint density at radius 1 is 1.38 bits per heavy atom. The van der Waals surface area contributed by atoms with Gasteiger partial charge in [0.1, 0.15) is 18.6 Å². The molecule has 1 aliphatic rings. The van der Waals surface area contributed by atoms with Crippen LogP contribution in [0.2, 0.25) is 0 Å². The zero-order chi connectivity index (χ0) is 8.67. The van der Waals surface area contributed by atoms with Crippen molar-refractivity contribution in [2.75, 3.05) is 0 Å². The van der Waals surface area contributed by atoms with Gasteiger partial charge in [0, 0.05) is 6.20 Å². The minimum absolute atomic E-state index is 0.499. The maximum atomic E-state index is 5.39. The van der Waals surface area contributed by atoms with Crippen LogP contribution in [0.25, 0.3) is 11.3 Å². The van der Waals surface area contributed by atoms with E-state index in [1.54, 1.807) is 12.5 Å². The average Bonchev–Trinajstić information content (AvgIpc) is 2.65. The lowest BCUT2D eigenvalue weighted by Crippen LogP contribution is -2.06. The molecule has 3 heterocycles. The Morgan fingerprint density at radius 2 is 2.38 bits per heavy atom. The molecule has 1 aliphatic heterocycles. The van der Waals surface area contributed by atoms with Crippen LogP contribution in [0.1, 0.15) is 5.69 Å². The highest BCUT2D eigenvalue weighted by Crippen LogP contribution is 2.32. The van der Waals surface area contributed by atoms with Gasteiger partial charge in [0.15, 0.2) is 0 Å². The number of fused-ring (bicyclic) bond motifs is 3. The molecular weight excluding hydrogens is 168 g/mol. The maximum absolute atomic E-state index is 5.39. The fourth-order valence-electron chi connectivity index (χ4n) is 1.40. The normalized spacial score (nSPS) is 12.9. The van der Waals surface area contributed by atoms with E-state index in [9.17, 15) is 0 Å². The standard InChI is InChI=1S/C8H6N4O/c1-5-7-6(10-4-11-7)2-13-8(5)12-3-9-1/h1,3-4H,2H2,(H,10,11). The minimum Gasteiger partial charge on any atom is -0.471 e. The van der Waals surface area contributed by atoms with Gasteiger partial charge in [-0.05, 0) is 0 Å². The van der Waals surface area contributed by atoms with Gasteiger partial charge in [-0.25, -0.2) is 15.0 Å². The second-order valence-electron chi connectivity index (χ2n) is 2.76. The summed E-state index contributed by atoms with van der Waals surface area (Å²) in [5.41, 5.74) is 2.72. The predicted octanol–water partition coefficient (Wildman–Crippen LogP) is 0.759. The number of nitrogens with zero attached hydrogens (tertiary/aromatic N) is 3. The summed E-state index contributed by atoms with van der Waals surface area (Å²) >= 11 is 0. The van der Waals surface area contributed by atoms with Crippen molar-refractivity contribution in [3.63, 3.8) is 0 Å². The summed E-state index contributed by atoms with van der Waals surface area (Å²) in [6.07, 6.45) is 4.83. The van der Waals surface area contributed by atoms with Gasteiger partial charge in [0.25, 0.3) is 0 Å². The van der Waals surface area contributed by atoms with E-state index in [-0.39, 0.29) is 0 Å². The molecule has 0 bridgehead atoms. The lowest BCUT2D eigenvalue weighted by molar-refractivity contribution is 0.285. The summed E-state index contributed by atoms with van der Waals surface area (Å²) in [5.74, 6) is 0.606. The van der Waals surface area contributed by atoms with Crippen LogP contribution < -0.4 is 4.74 Å². The molecule has 5 nitrogen and oxygen atoms in total. The van der Waals surface area contributed by atoms with Crippen molar-refractivity contribution in [3.8, 4) is 17.1 Å². The number of aromatic nitrogens is 4. The summed E-state index contributed by atoms with van der Waals surface area (Å²) in [4.78, 5) is 15.1. The summed E-state index contributed by atoms with van der Waals surface area (Å²) in [5, 5.41) is 0. The molecule has 0 unspecified atom stereocenters. The quantitative estimate of drug-likeness (QED) is 0.640. The zero-order valence-corrected chi connectivity index (χ0v) is 6.69. The molecular formula is C8H6N4O. The third-order valence-corrected chi connectivity index (χ3v) is 2.00. The molecule has 5 heteroatoms. The van der Waals surface area contributed by atoms with Gasteiger partial charge in [-0.1, -0.05) is 0 Å². The van der Waals surface area contributed by atoms with E-state index in [0.717, 1.165) is 17.0 Å². The Bertz CT molecular complexity index is 451. The van der Waals surface area contributed by atoms with E-state index in [2.05, 4.69) is 19.9 Å². The Labute approximate surface area is 73.8 Å². The van der Waals surface area contributed by atoms with Crippen LogP contribution in [0, 0.1) is 0 Å². The number of H-pyrrole nitrogens is 1. The SMILES string of the molecule is c1ncc2c(n1)OCc1[nH]cnc1-2. The highest BCUT2D eigenvalue weighted by molar-refractivity contribution is 5.67. The van der Waals surface area contributed by atoms with Gasteiger partial charge < -0.3 is 9.72 Å². The molecule has 0 saturated carbocycles. The molecule has 3 rings (SSSR count). The third kappa shape index (κ3) is 0.837. The van der Waals surface area contributed by atoms with E-state index < -0.39 is 0 Å². The predicted molar refractivity (Wildman–Crippen MR) is 43.9 cm³/mol. The summed E-state index contributed by atoms with van der Waals surface area (Å²) < 4.78 is 5.39. The Kier molecular flexibility index (Phi) is 1.16. The average molecular weight is 174 g/mol. The van der Waals surface area contributed by atoms with Gasteiger partial charge in [-0.15, -0.1) is 0 Å². The maximum Gasteiger partial charge on any atom is 0.226 e. The highest BCUT2D eigenvalue weighted by Gasteiger charge is 2.20. The number of hydrogen-bond donors (Lipinski definition) is 1.